The van der Waals surface area contributed by atoms with E-state index < -0.39 is 17.5 Å². The summed E-state index contributed by atoms with van der Waals surface area (Å²) in [5.74, 6) is -1.09. The molecule has 232 valence electrons. The largest absolute Gasteiger partial charge is 0.490 e. The van der Waals surface area contributed by atoms with E-state index in [-0.39, 0.29) is 29.1 Å². The lowest BCUT2D eigenvalue weighted by molar-refractivity contribution is 0.0115. The van der Waals surface area contributed by atoms with E-state index >= 15 is 8.78 Å². The van der Waals surface area contributed by atoms with Crippen molar-refractivity contribution in [1.29, 1.82) is 0 Å². The normalized spacial score (nSPS) is 28.6. The van der Waals surface area contributed by atoms with Gasteiger partial charge in [-0.2, -0.15) is 8.78 Å². The molecular formula is C34H44F2N4O3. The minimum Gasteiger partial charge on any atom is -0.490 e. The number of hydrogen-bond donors (Lipinski definition) is 1. The third-order valence-electron chi connectivity index (χ3n) is 10.8. The Balaban J connectivity index is 1.18. The summed E-state index contributed by atoms with van der Waals surface area (Å²) in [5, 5.41) is 3.10. The van der Waals surface area contributed by atoms with E-state index in [1.54, 1.807) is 0 Å². The molecule has 1 unspecified atom stereocenters. The Bertz CT molecular complexity index is 1350. The minimum atomic E-state index is -3.30. The first-order valence-corrected chi connectivity index (χ1v) is 16.4. The first kappa shape index (κ1) is 28.9. The highest BCUT2D eigenvalue weighted by atomic mass is 19.3. The Morgan fingerprint density at radius 3 is 2.67 bits per heavy atom. The fraction of sp³-hybridized carbons (Fsp3) is 0.676. The quantitative estimate of drug-likeness (QED) is 0.386. The van der Waals surface area contributed by atoms with Crippen LogP contribution in [0.3, 0.4) is 0 Å². The van der Waals surface area contributed by atoms with Crippen LogP contribution in [0, 0.1) is 17.8 Å². The molecule has 43 heavy (non-hydrogen) atoms. The molecule has 7 rings (SSSR count). The summed E-state index contributed by atoms with van der Waals surface area (Å²) < 4.78 is 42.4. The van der Waals surface area contributed by atoms with Crippen LogP contribution in [0.5, 0.6) is 5.75 Å². The highest BCUT2D eigenvalue weighted by Gasteiger charge is 2.46. The Hall–Kier alpha value is -2.81. The highest BCUT2D eigenvalue weighted by Crippen LogP contribution is 2.50. The molecule has 5 aliphatic rings. The second-order valence-corrected chi connectivity index (χ2v) is 14.1. The molecule has 1 amide bonds. The van der Waals surface area contributed by atoms with E-state index in [0.717, 1.165) is 68.9 Å². The maximum absolute atomic E-state index is 15.1. The van der Waals surface area contributed by atoms with Gasteiger partial charge in [-0.25, -0.2) is 9.97 Å². The van der Waals surface area contributed by atoms with Crippen LogP contribution in [0.25, 0.3) is 0 Å². The van der Waals surface area contributed by atoms with Gasteiger partial charge in [-0.1, -0.05) is 13.3 Å². The van der Waals surface area contributed by atoms with Gasteiger partial charge >= 0.3 is 0 Å². The molecule has 1 aromatic heterocycles. The third kappa shape index (κ3) is 5.62. The lowest BCUT2D eigenvalue weighted by Gasteiger charge is -2.34. The number of anilines is 2. The second-order valence-electron chi connectivity index (χ2n) is 14.1. The van der Waals surface area contributed by atoms with Crippen LogP contribution in [0.4, 0.5) is 20.4 Å². The van der Waals surface area contributed by atoms with Crippen molar-refractivity contribution in [1.82, 2.24) is 15.3 Å². The van der Waals surface area contributed by atoms with Gasteiger partial charge in [0.05, 0.1) is 11.7 Å². The van der Waals surface area contributed by atoms with Gasteiger partial charge in [0.25, 0.3) is 11.8 Å². The monoisotopic (exact) mass is 594 g/mol. The van der Waals surface area contributed by atoms with Crippen molar-refractivity contribution >= 4 is 17.5 Å². The third-order valence-corrected chi connectivity index (χ3v) is 10.8. The van der Waals surface area contributed by atoms with E-state index in [4.69, 9.17) is 9.47 Å². The molecule has 3 aliphatic carbocycles. The molecule has 4 atom stereocenters. The number of nitrogens with zero attached hydrogens (tertiary/aromatic N) is 3. The lowest BCUT2D eigenvalue weighted by Crippen LogP contribution is -2.39. The maximum atomic E-state index is 15.1. The molecule has 4 fully saturated rings. The highest BCUT2D eigenvalue weighted by molar-refractivity contribution is 5.95. The molecule has 0 radical (unpaired) electrons. The van der Waals surface area contributed by atoms with Crippen LogP contribution >= 0.6 is 0 Å². The average molecular weight is 595 g/mol. The molecule has 3 saturated carbocycles. The zero-order valence-corrected chi connectivity index (χ0v) is 25.4. The predicted molar refractivity (Wildman–Crippen MR) is 160 cm³/mol. The van der Waals surface area contributed by atoms with Gasteiger partial charge in [0, 0.05) is 50.0 Å². The number of aromatic nitrogens is 2. The number of halogens is 2. The summed E-state index contributed by atoms with van der Waals surface area (Å²) in [7, 11) is 0. The van der Waals surface area contributed by atoms with Gasteiger partial charge in [-0.15, -0.1) is 0 Å². The first-order chi connectivity index (χ1) is 20.7. The molecule has 1 N–H and O–H groups in total. The average Bonchev–Trinajstić information content (AvgIpc) is 3.45. The smallest absolute Gasteiger partial charge is 0.287 e. The maximum Gasteiger partial charge on any atom is 0.287 e. The van der Waals surface area contributed by atoms with Gasteiger partial charge in [0.2, 0.25) is 5.95 Å². The number of nitrogens with one attached hydrogen (secondary N) is 1. The number of ether oxygens (including phenoxy) is 2. The lowest BCUT2D eigenvalue weighted by atomic mass is 9.76. The SMILES string of the molecule is C[C@@H]1CC2C[C@@H](C1)[C@H](NC(=O)c1cnc(N3CC4(CCOCC4)c4cc(OC5CCCCC5)ccc43)nc1C(C)(F)F)C2. The number of rotatable bonds is 6. The Morgan fingerprint density at radius 1 is 1.12 bits per heavy atom. The van der Waals surface area contributed by atoms with E-state index in [9.17, 15) is 4.79 Å². The van der Waals surface area contributed by atoms with Crippen LogP contribution < -0.4 is 15.0 Å². The number of benzene rings is 1. The molecule has 2 bridgehead atoms. The van der Waals surface area contributed by atoms with Gasteiger partial charge < -0.3 is 19.7 Å². The first-order valence-electron chi connectivity index (χ1n) is 16.4. The Kier molecular flexibility index (Phi) is 7.59. The number of hydrogen-bond acceptors (Lipinski definition) is 6. The number of amides is 1. The molecule has 1 aromatic carbocycles. The minimum absolute atomic E-state index is 0.0179. The summed E-state index contributed by atoms with van der Waals surface area (Å²) >= 11 is 0. The Labute approximate surface area is 253 Å². The van der Waals surface area contributed by atoms with Crippen molar-refractivity contribution < 1.29 is 23.0 Å². The van der Waals surface area contributed by atoms with E-state index in [2.05, 4.69) is 28.3 Å². The summed E-state index contributed by atoms with van der Waals surface area (Å²) in [5.41, 5.74) is 1.19. The van der Waals surface area contributed by atoms with Crippen molar-refractivity contribution in [2.24, 2.45) is 17.8 Å². The van der Waals surface area contributed by atoms with Crippen LogP contribution in [0.2, 0.25) is 0 Å². The number of carbonyl (C=O) groups is 1. The van der Waals surface area contributed by atoms with Crippen molar-refractivity contribution in [3.8, 4) is 5.75 Å². The molecule has 1 spiro atoms. The second kappa shape index (κ2) is 11.3. The zero-order chi connectivity index (χ0) is 29.8. The molecule has 7 nitrogen and oxygen atoms in total. The molecule has 9 heteroatoms. The topological polar surface area (TPSA) is 76.6 Å². The van der Waals surface area contributed by atoms with E-state index in [1.165, 1.54) is 31.9 Å². The Morgan fingerprint density at radius 2 is 1.91 bits per heavy atom. The number of carbonyl (C=O) groups excluding carboxylic acids is 1. The van der Waals surface area contributed by atoms with Gasteiger partial charge in [-0.05, 0) is 106 Å². The van der Waals surface area contributed by atoms with Crippen molar-refractivity contribution in [3.05, 3.63) is 41.2 Å². The van der Waals surface area contributed by atoms with Crippen molar-refractivity contribution in [2.45, 2.75) is 108 Å². The molecule has 2 aliphatic heterocycles. The number of fused-ring (bicyclic) bond motifs is 4. The van der Waals surface area contributed by atoms with Crippen LogP contribution in [0.15, 0.2) is 24.4 Å². The summed E-state index contributed by atoms with van der Waals surface area (Å²) in [6.45, 7) is 4.93. The summed E-state index contributed by atoms with van der Waals surface area (Å²) in [6, 6.07) is 6.16. The number of alkyl halides is 2. The molecule has 3 heterocycles. The van der Waals surface area contributed by atoms with Crippen LogP contribution in [-0.2, 0) is 16.1 Å². The molecular weight excluding hydrogens is 550 g/mol. The molecule has 2 aromatic rings. The van der Waals surface area contributed by atoms with Gasteiger partial charge in [-0.3, -0.25) is 4.79 Å². The summed E-state index contributed by atoms with van der Waals surface area (Å²) in [4.78, 5) is 24.4. The fourth-order valence-electron chi connectivity index (χ4n) is 8.77. The predicted octanol–water partition coefficient (Wildman–Crippen LogP) is 7.05. The van der Waals surface area contributed by atoms with E-state index in [0.29, 0.717) is 37.5 Å². The van der Waals surface area contributed by atoms with Gasteiger partial charge in [0.15, 0.2) is 0 Å². The fourth-order valence-corrected chi connectivity index (χ4v) is 8.77. The van der Waals surface area contributed by atoms with Crippen molar-refractivity contribution in [3.63, 3.8) is 0 Å². The standard InChI is InChI=1S/C34H44F2N4O3/c1-21-14-22-16-23(15-21)28(17-22)38-31(41)26-19-37-32(39-30(26)33(2,35)36)40-20-34(10-12-42-13-11-34)27-18-25(8-9-29(27)40)43-24-6-4-3-5-7-24/h8-9,18-19,21-24,28H,3-7,10-17,20H2,1-2H3,(H,38,41)/t21-,22?,23-,28-/m1/s1. The van der Waals surface area contributed by atoms with Crippen LogP contribution in [0.1, 0.15) is 106 Å². The van der Waals surface area contributed by atoms with Crippen LogP contribution in [-0.4, -0.2) is 47.8 Å². The zero-order valence-electron chi connectivity index (χ0n) is 25.4. The molecule has 1 saturated heterocycles. The van der Waals surface area contributed by atoms with E-state index in [1.807, 2.05) is 17.0 Å². The van der Waals surface area contributed by atoms with Crippen molar-refractivity contribution in [2.75, 3.05) is 24.7 Å². The van der Waals surface area contributed by atoms with Gasteiger partial charge in [0.1, 0.15) is 11.4 Å². The summed E-state index contributed by atoms with van der Waals surface area (Å²) in [6.07, 6.45) is 13.3.